The summed E-state index contributed by atoms with van der Waals surface area (Å²) < 4.78 is 5.98. The predicted octanol–water partition coefficient (Wildman–Crippen LogP) is 7.14. The summed E-state index contributed by atoms with van der Waals surface area (Å²) in [5.41, 5.74) is 0. The molecule has 0 aliphatic heterocycles. The van der Waals surface area contributed by atoms with Crippen molar-refractivity contribution in [2.24, 2.45) is 0 Å². The molecule has 0 fully saturated rings. The maximum Gasteiger partial charge on any atom is 0.152 e. The molecule has 0 amide bonds. The number of carbonyl (C=O) groups excluding carboxylic acids is 1. The van der Waals surface area contributed by atoms with Crippen LogP contribution >= 0.6 is 0 Å². The van der Waals surface area contributed by atoms with Crippen molar-refractivity contribution in [1.82, 2.24) is 0 Å². The molecule has 0 spiro atoms. The lowest BCUT2D eigenvalue weighted by Gasteiger charge is -2.47. The normalized spacial score (nSPS) is 13.5. The van der Waals surface area contributed by atoms with E-state index < -0.39 is 16.1 Å². The van der Waals surface area contributed by atoms with Crippen LogP contribution in [0.1, 0.15) is 48.5 Å². The molecule has 4 heteroatoms. The Morgan fingerprint density at radius 3 is 1.62 bits per heavy atom. The second-order valence-electron chi connectivity index (χ2n) is 7.44. The Balaban J connectivity index is 6.39. The van der Waals surface area contributed by atoms with Gasteiger partial charge in [-0.05, 0) is 30.3 Å². The molecule has 26 heavy (non-hydrogen) atoms. The average Bonchev–Trinajstić information content (AvgIpc) is 2.66. The first-order chi connectivity index (χ1) is 12.3. The maximum atomic E-state index is 11.5. The third-order valence-corrected chi connectivity index (χ3v) is 21.8. The molecular weight excluding hydrogens is 352 g/mol. The van der Waals surface area contributed by atoms with Gasteiger partial charge in [0.15, 0.2) is 5.78 Å². The molecule has 0 saturated carbocycles. The highest BCUT2D eigenvalue weighted by Gasteiger charge is 2.47. The first kappa shape index (κ1) is 25.1. The second-order valence-corrected chi connectivity index (χ2v) is 18.9. The molecule has 0 heterocycles. The third-order valence-electron chi connectivity index (χ3n) is 6.73. The molecule has 0 unspecified atom stereocenters. The van der Waals surface area contributed by atoms with Gasteiger partial charge in [0.25, 0.3) is 0 Å². The minimum Gasteiger partial charge on any atom is -0.490 e. The molecular formula is C22H42O2Si2. The minimum atomic E-state index is -1.44. The largest absolute Gasteiger partial charge is 0.490 e. The third kappa shape index (κ3) is 6.38. The standard InChI is InChI=1S/C22H42O2Si2/c1-9-18-24-21(17-16-20(8)23)19-22(25(10-2,11-3)12-4)26(13-5,14-6)15-7/h9,16-17,19,22H,1,10-15,18H2,2-8H3/b17-16+,21-19-. The Morgan fingerprint density at radius 2 is 1.31 bits per heavy atom. The molecule has 0 rings (SSSR count). The lowest BCUT2D eigenvalue weighted by Crippen LogP contribution is -2.52. The SMILES string of the molecule is C=CCOC(=C\C([Si](CC)(CC)CC)[Si](CC)(CC)CC)/C=C/C(C)=O. The zero-order valence-electron chi connectivity index (χ0n) is 18.4. The van der Waals surface area contributed by atoms with Gasteiger partial charge < -0.3 is 4.74 Å². The summed E-state index contributed by atoms with van der Waals surface area (Å²) in [5.74, 6) is 0.925. The molecule has 0 N–H and O–H groups in total. The van der Waals surface area contributed by atoms with Crippen molar-refractivity contribution in [3.8, 4) is 0 Å². The Bertz CT molecular complexity index is 450. The van der Waals surface area contributed by atoms with Crippen LogP contribution in [0, 0.1) is 0 Å². The van der Waals surface area contributed by atoms with Gasteiger partial charge in [-0.2, -0.15) is 0 Å². The number of allylic oxidation sites excluding steroid dienone is 3. The van der Waals surface area contributed by atoms with E-state index in [-0.39, 0.29) is 5.78 Å². The van der Waals surface area contributed by atoms with E-state index in [0.29, 0.717) is 11.8 Å². The fourth-order valence-electron chi connectivity index (χ4n) is 4.49. The van der Waals surface area contributed by atoms with Gasteiger partial charge in [-0.15, -0.1) is 0 Å². The molecule has 0 aromatic heterocycles. The van der Waals surface area contributed by atoms with Crippen LogP contribution < -0.4 is 0 Å². The topological polar surface area (TPSA) is 26.3 Å². The number of rotatable bonds is 14. The van der Waals surface area contributed by atoms with E-state index in [4.69, 9.17) is 4.74 Å². The number of ether oxygens (including phenoxy) is 1. The smallest absolute Gasteiger partial charge is 0.152 e. The highest BCUT2D eigenvalue weighted by molar-refractivity contribution is 7.00. The van der Waals surface area contributed by atoms with Gasteiger partial charge in [-0.25, -0.2) is 0 Å². The summed E-state index contributed by atoms with van der Waals surface area (Å²) in [6.07, 6.45) is 7.72. The quantitative estimate of drug-likeness (QED) is 0.103. The molecule has 0 aliphatic carbocycles. The molecule has 0 aromatic carbocycles. The fraction of sp³-hybridized carbons (Fsp3) is 0.682. The minimum absolute atomic E-state index is 0.0598. The Hall–Kier alpha value is -0.876. The van der Waals surface area contributed by atoms with Gasteiger partial charge in [-0.3, -0.25) is 4.79 Å². The van der Waals surface area contributed by atoms with E-state index in [1.165, 1.54) is 36.3 Å². The maximum absolute atomic E-state index is 11.5. The highest BCUT2D eigenvalue weighted by Crippen LogP contribution is 2.46. The molecule has 2 nitrogen and oxygen atoms in total. The van der Waals surface area contributed by atoms with E-state index in [1.807, 2.05) is 6.08 Å². The van der Waals surface area contributed by atoms with Crippen LogP contribution in [0.3, 0.4) is 0 Å². The van der Waals surface area contributed by atoms with Crippen molar-refractivity contribution in [2.45, 2.75) is 89.9 Å². The van der Waals surface area contributed by atoms with Crippen LogP contribution in [0.5, 0.6) is 0 Å². The van der Waals surface area contributed by atoms with Crippen LogP contribution in [-0.4, -0.2) is 28.5 Å². The summed E-state index contributed by atoms with van der Waals surface area (Å²) in [6, 6.07) is 7.92. The summed E-state index contributed by atoms with van der Waals surface area (Å²) in [7, 11) is -2.89. The molecule has 0 atom stereocenters. The average molecular weight is 395 g/mol. The molecule has 0 bridgehead atoms. The van der Waals surface area contributed by atoms with Crippen LogP contribution in [0.25, 0.3) is 0 Å². The number of ketones is 1. The van der Waals surface area contributed by atoms with Crippen molar-refractivity contribution in [3.05, 3.63) is 36.6 Å². The summed E-state index contributed by atoms with van der Waals surface area (Å²) in [6.45, 7) is 20.2. The number of hydrogen-bond acceptors (Lipinski definition) is 2. The molecule has 150 valence electrons. The van der Waals surface area contributed by atoms with E-state index in [1.54, 1.807) is 19.1 Å². The van der Waals surface area contributed by atoms with Gasteiger partial charge in [0, 0.05) is 0 Å². The van der Waals surface area contributed by atoms with Crippen molar-refractivity contribution < 1.29 is 9.53 Å². The summed E-state index contributed by atoms with van der Waals surface area (Å²) in [4.78, 5) is 11.5. The van der Waals surface area contributed by atoms with E-state index in [9.17, 15) is 4.79 Å². The van der Waals surface area contributed by atoms with Gasteiger partial charge in [0.05, 0.1) is 16.1 Å². The lowest BCUT2D eigenvalue weighted by atomic mass is 10.3. The molecule has 0 radical (unpaired) electrons. The van der Waals surface area contributed by atoms with Gasteiger partial charge in [-0.1, -0.05) is 90.5 Å². The Kier molecular flexibility index (Phi) is 12.1. The van der Waals surface area contributed by atoms with Crippen molar-refractivity contribution in [2.75, 3.05) is 6.61 Å². The van der Waals surface area contributed by atoms with E-state index in [2.05, 4.69) is 54.2 Å². The number of carbonyl (C=O) groups is 1. The fourth-order valence-corrected chi connectivity index (χ4v) is 20.0. The van der Waals surface area contributed by atoms with Crippen LogP contribution in [-0.2, 0) is 9.53 Å². The zero-order chi connectivity index (χ0) is 20.2. The van der Waals surface area contributed by atoms with Gasteiger partial charge in [0.2, 0.25) is 0 Å². The van der Waals surface area contributed by atoms with Crippen molar-refractivity contribution >= 4 is 21.9 Å². The molecule has 0 aromatic rings. The first-order valence-corrected chi connectivity index (χ1v) is 15.9. The zero-order valence-corrected chi connectivity index (χ0v) is 20.4. The predicted molar refractivity (Wildman–Crippen MR) is 122 cm³/mol. The van der Waals surface area contributed by atoms with Crippen molar-refractivity contribution in [3.63, 3.8) is 0 Å². The monoisotopic (exact) mass is 394 g/mol. The van der Waals surface area contributed by atoms with Gasteiger partial charge in [0.1, 0.15) is 12.4 Å². The molecule has 0 aliphatic rings. The molecule has 0 saturated heterocycles. The summed E-state index contributed by atoms with van der Waals surface area (Å²) >= 11 is 0. The first-order valence-electron chi connectivity index (χ1n) is 10.5. The summed E-state index contributed by atoms with van der Waals surface area (Å²) in [5, 5.41) is 0.687. The highest BCUT2D eigenvalue weighted by atomic mass is 28.4. The Labute approximate surface area is 164 Å². The number of hydrogen-bond donors (Lipinski definition) is 0. The lowest BCUT2D eigenvalue weighted by molar-refractivity contribution is -0.112. The van der Waals surface area contributed by atoms with E-state index >= 15 is 0 Å². The van der Waals surface area contributed by atoms with Crippen LogP contribution in [0.4, 0.5) is 0 Å². The second kappa shape index (κ2) is 12.5. The Morgan fingerprint density at radius 1 is 0.885 bits per heavy atom. The van der Waals surface area contributed by atoms with Crippen LogP contribution in [0.15, 0.2) is 36.6 Å². The van der Waals surface area contributed by atoms with Crippen molar-refractivity contribution in [1.29, 1.82) is 0 Å². The van der Waals surface area contributed by atoms with Crippen LogP contribution in [0.2, 0.25) is 41.4 Å². The van der Waals surface area contributed by atoms with Gasteiger partial charge >= 0.3 is 0 Å². The van der Waals surface area contributed by atoms with E-state index in [0.717, 1.165) is 5.76 Å².